The molecule has 0 amide bonds. The fraction of sp³-hybridized carbons (Fsp3) is 0.625. The first kappa shape index (κ1) is 12.8. The number of nitrogens with zero attached hydrogens (tertiary/aromatic N) is 1. The molecule has 5 heteroatoms. The van der Waals surface area contributed by atoms with Gasteiger partial charge in [-0.1, -0.05) is 23.2 Å². The van der Waals surface area contributed by atoms with Crippen molar-refractivity contribution in [1.29, 1.82) is 0 Å². The minimum Gasteiger partial charge on any atom is -0.480 e. The van der Waals surface area contributed by atoms with Gasteiger partial charge in [0, 0.05) is 23.2 Å². The molecule has 13 heavy (non-hydrogen) atoms. The predicted molar refractivity (Wildman–Crippen MR) is 54.1 cm³/mol. The molecule has 0 radical (unpaired) electrons. The SMILES string of the molecule is CC(C)N(CC(=O)O)CC(Cl)=CCl. The van der Waals surface area contributed by atoms with Gasteiger partial charge in [0.05, 0.1) is 6.54 Å². The second kappa shape index (κ2) is 6.24. The summed E-state index contributed by atoms with van der Waals surface area (Å²) in [6.07, 6.45) is 0. The van der Waals surface area contributed by atoms with E-state index in [4.69, 9.17) is 28.3 Å². The van der Waals surface area contributed by atoms with Gasteiger partial charge in [-0.25, -0.2) is 0 Å². The van der Waals surface area contributed by atoms with Crippen LogP contribution in [0.2, 0.25) is 0 Å². The van der Waals surface area contributed by atoms with Crippen molar-refractivity contribution in [2.75, 3.05) is 13.1 Å². The molecule has 0 aliphatic carbocycles. The smallest absolute Gasteiger partial charge is 0.317 e. The van der Waals surface area contributed by atoms with E-state index < -0.39 is 5.97 Å². The van der Waals surface area contributed by atoms with Gasteiger partial charge in [0.1, 0.15) is 0 Å². The highest BCUT2D eigenvalue weighted by atomic mass is 35.5. The Morgan fingerprint density at radius 2 is 2.08 bits per heavy atom. The van der Waals surface area contributed by atoms with Crippen LogP contribution in [0.25, 0.3) is 0 Å². The van der Waals surface area contributed by atoms with E-state index in [2.05, 4.69) is 0 Å². The van der Waals surface area contributed by atoms with Crippen LogP contribution in [0, 0.1) is 0 Å². The number of carboxylic acid groups (broad SMARTS) is 1. The molecule has 0 aromatic carbocycles. The van der Waals surface area contributed by atoms with Crippen LogP contribution < -0.4 is 0 Å². The molecule has 0 bridgehead atoms. The Morgan fingerprint density at radius 1 is 1.54 bits per heavy atom. The van der Waals surface area contributed by atoms with Crippen molar-refractivity contribution in [3.8, 4) is 0 Å². The maximum Gasteiger partial charge on any atom is 0.317 e. The van der Waals surface area contributed by atoms with Gasteiger partial charge in [0.25, 0.3) is 0 Å². The van der Waals surface area contributed by atoms with Crippen molar-refractivity contribution in [2.24, 2.45) is 0 Å². The molecule has 76 valence electrons. The molecule has 0 aliphatic heterocycles. The summed E-state index contributed by atoms with van der Waals surface area (Å²) in [5, 5.41) is 9.02. The van der Waals surface area contributed by atoms with Gasteiger partial charge in [-0.05, 0) is 13.8 Å². The molecule has 0 spiro atoms. The second-order valence-electron chi connectivity index (χ2n) is 2.95. The van der Waals surface area contributed by atoms with E-state index >= 15 is 0 Å². The normalized spacial score (nSPS) is 12.6. The number of hydrogen-bond donors (Lipinski definition) is 1. The van der Waals surface area contributed by atoms with Gasteiger partial charge in [-0.15, -0.1) is 0 Å². The third kappa shape index (κ3) is 5.91. The van der Waals surface area contributed by atoms with E-state index in [1.165, 1.54) is 5.54 Å². The van der Waals surface area contributed by atoms with Crippen LogP contribution in [0.5, 0.6) is 0 Å². The largest absolute Gasteiger partial charge is 0.480 e. The number of hydrogen-bond acceptors (Lipinski definition) is 2. The van der Waals surface area contributed by atoms with E-state index in [-0.39, 0.29) is 12.6 Å². The van der Waals surface area contributed by atoms with Gasteiger partial charge in [-0.2, -0.15) is 0 Å². The Hall–Kier alpha value is -0.250. The third-order valence-electron chi connectivity index (χ3n) is 1.54. The standard InChI is InChI=1S/C8H13Cl2NO2/c1-6(2)11(5-8(12)13)4-7(10)3-9/h3,6H,4-5H2,1-2H3,(H,12,13). The summed E-state index contributed by atoms with van der Waals surface area (Å²) in [4.78, 5) is 12.2. The van der Waals surface area contributed by atoms with Crippen LogP contribution in [0.3, 0.4) is 0 Å². The highest BCUT2D eigenvalue weighted by Crippen LogP contribution is 2.08. The predicted octanol–water partition coefficient (Wildman–Crippen LogP) is 2.10. The molecule has 0 fully saturated rings. The van der Waals surface area contributed by atoms with E-state index in [0.717, 1.165) is 0 Å². The molecule has 0 heterocycles. The quantitative estimate of drug-likeness (QED) is 0.780. The minimum absolute atomic E-state index is 0.0292. The number of halogens is 2. The zero-order valence-corrected chi connectivity index (χ0v) is 9.14. The molecular formula is C8H13Cl2NO2. The van der Waals surface area contributed by atoms with E-state index in [0.29, 0.717) is 11.6 Å². The lowest BCUT2D eigenvalue weighted by Crippen LogP contribution is -2.36. The summed E-state index contributed by atoms with van der Waals surface area (Å²) in [7, 11) is 0. The van der Waals surface area contributed by atoms with Crippen LogP contribution in [0.4, 0.5) is 0 Å². The zero-order chi connectivity index (χ0) is 10.4. The van der Waals surface area contributed by atoms with Crippen molar-refractivity contribution in [3.05, 3.63) is 10.6 Å². The summed E-state index contributed by atoms with van der Waals surface area (Å²) >= 11 is 11.1. The van der Waals surface area contributed by atoms with Crippen LogP contribution >= 0.6 is 23.2 Å². The lowest BCUT2D eigenvalue weighted by molar-refractivity contribution is -0.138. The molecule has 0 saturated carbocycles. The molecule has 0 aromatic heterocycles. The average Bonchev–Trinajstić information content (AvgIpc) is 2.02. The summed E-state index contributed by atoms with van der Waals surface area (Å²) in [5.41, 5.74) is 1.25. The highest BCUT2D eigenvalue weighted by Gasteiger charge is 2.13. The Balaban J connectivity index is 4.18. The first-order valence-corrected chi connectivity index (χ1v) is 4.69. The average molecular weight is 226 g/mol. The molecule has 0 rings (SSSR count). The van der Waals surface area contributed by atoms with Crippen molar-refractivity contribution in [3.63, 3.8) is 0 Å². The monoisotopic (exact) mass is 225 g/mol. The van der Waals surface area contributed by atoms with Gasteiger partial charge in [0.15, 0.2) is 0 Å². The lowest BCUT2D eigenvalue weighted by Gasteiger charge is -2.23. The Labute approximate surface area is 87.9 Å². The summed E-state index contributed by atoms with van der Waals surface area (Å²) in [6.45, 7) is 4.15. The number of carbonyl (C=O) groups is 1. The van der Waals surface area contributed by atoms with Crippen LogP contribution in [0.15, 0.2) is 10.6 Å². The summed E-state index contributed by atoms with van der Waals surface area (Å²) < 4.78 is 0. The zero-order valence-electron chi connectivity index (χ0n) is 7.63. The fourth-order valence-electron chi connectivity index (χ4n) is 0.823. The second-order valence-corrected chi connectivity index (χ2v) is 3.65. The molecule has 0 aliphatic rings. The van der Waals surface area contributed by atoms with Crippen LogP contribution in [-0.4, -0.2) is 35.1 Å². The molecule has 0 atom stereocenters. The Bertz CT molecular complexity index is 204. The molecule has 1 N–H and O–H groups in total. The van der Waals surface area contributed by atoms with Crippen LogP contribution in [0.1, 0.15) is 13.8 Å². The third-order valence-corrected chi connectivity index (χ3v) is 2.14. The molecule has 3 nitrogen and oxygen atoms in total. The highest BCUT2D eigenvalue weighted by molar-refractivity contribution is 6.36. The first-order chi connectivity index (χ1) is 5.97. The topological polar surface area (TPSA) is 40.5 Å². The van der Waals surface area contributed by atoms with Crippen molar-refractivity contribution >= 4 is 29.2 Å². The van der Waals surface area contributed by atoms with Gasteiger partial charge >= 0.3 is 5.97 Å². The maximum atomic E-state index is 10.4. The number of carboxylic acids is 1. The van der Waals surface area contributed by atoms with Crippen molar-refractivity contribution in [2.45, 2.75) is 19.9 Å². The van der Waals surface area contributed by atoms with Gasteiger partial charge in [0.2, 0.25) is 0 Å². The summed E-state index contributed by atoms with van der Waals surface area (Å²) in [5.74, 6) is -0.868. The van der Waals surface area contributed by atoms with E-state index in [1.54, 1.807) is 4.90 Å². The summed E-state index contributed by atoms with van der Waals surface area (Å²) in [6, 6.07) is 0.126. The lowest BCUT2D eigenvalue weighted by atomic mass is 10.3. The fourth-order valence-corrected chi connectivity index (χ4v) is 1.05. The number of aliphatic carboxylic acids is 1. The maximum absolute atomic E-state index is 10.4. The molecular weight excluding hydrogens is 213 g/mol. The van der Waals surface area contributed by atoms with E-state index in [9.17, 15) is 4.79 Å². The van der Waals surface area contributed by atoms with Crippen LogP contribution in [-0.2, 0) is 4.79 Å². The van der Waals surface area contributed by atoms with Crippen molar-refractivity contribution < 1.29 is 9.90 Å². The minimum atomic E-state index is -0.868. The Morgan fingerprint density at radius 3 is 2.38 bits per heavy atom. The number of rotatable bonds is 5. The molecule has 0 unspecified atom stereocenters. The van der Waals surface area contributed by atoms with Gasteiger partial charge < -0.3 is 5.11 Å². The molecule has 0 saturated heterocycles. The first-order valence-electron chi connectivity index (χ1n) is 3.88. The molecule has 0 aromatic rings. The Kier molecular flexibility index (Phi) is 6.12. The van der Waals surface area contributed by atoms with E-state index in [1.807, 2.05) is 13.8 Å². The van der Waals surface area contributed by atoms with Crippen molar-refractivity contribution in [1.82, 2.24) is 4.90 Å². The van der Waals surface area contributed by atoms with Gasteiger partial charge in [-0.3, -0.25) is 9.69 Å².